The summed E-state index contributed by atoms with van der Waals surface area (Å²) in [6, 6.07) is 0. The first-order valence-electron chi connectivity index (χ1n) is 8.46. The molecule has 118 valence electrons. The minimum atomic E-state index is -2.83. The molecule has 21 heavy (non-hydrogen) atoms. The van der Waals surface area contributed by atoms with Crippen LogP contribution in [0.1, 0.15) is 44.9 Å². The van der Waals surface area contributed by atoms with E-state index >= 15 is 0 Å². The van der Waals surface area contributed by atoms with E-state index < -0.39 is 9.84 Å². The third-order valence-electron chi connectivity index (χ3n) is 6.75. The molecular weight excluding hydrogens is 286 g/mol. The average molecular weight is 311 g/mol. The van der Waals surface area contributed by atoms with Crippen LogP contribution in [0.4, 0.5) is 0 Å². The summed E-state index contributed by atoms with van der Waals surface area (Å²) in [5.41, 5.74) is 0.0318. The van der Waals surface area contributed by atoms with Crippen molar-refractivity contribution in [3.8, 4) is 0 Å². The number of hydrogen-bond donors (Lipinski definition) is 1. The third kappa shape index (κ3) is 2.51. The van der Waals surface area contributed by atoms with Gasteiger partial charge in [0.25, 0.3) is 0 Å². The van der Waals surface area contributed by atoms with Crippen LogP contribution in [-0.2, 0) is 14.6 Å². The van der Waals surface area contributed by atoms with Gasteiger partial charge in [-0.3, -0.25) is 4.79 Å². The molecule has 1 aliphatic heterocycles. The first-order valence-corrected chi connectivity index (χ1v) is 10.3. The molecule has 0 aromatic rings. The Hall–Kier alpha value is -0.580. The highest BCUT2D eigenvalue weighted by atomic mass is 32.2. The number of nitrogens with one attached hydrogen (secondary N) is 1. The highest BCUT2D eigenvalue weighted by Gasteiger charge is 2.59. The molecular formula is C16H25NO3S. The van der Waals surface area contributed by atoms with Gasteiger partial charge in [0.1, 0.15) is 9.84 Å². The van der Waals surface area contributed by atoms with Crippen LogP contribution < -0.4 is 5.32 Å². The van der Waals surface area contributed by atoms with E-state index in [1.807, 2.05) is 0 Å². The fourth-order valence-electron chi connectivity index (χ4n) is 5.20. The molecule has 4 nitrogen and oxygen atoms in total. The fourth-order valence-corrected chi connectivity index (χ4v) is 6.84. The Kier molecular flexibility index (Phi) is 3.15. The molecule has 3 aliphatic carbocycles. The first-order chi connectivity index (χ1) is 9.97. The molecule has 0 aromatic heterocycles. The van der Waals surface area contributed by atoms with Crippen LogP contribution >= 0.6 is 0 Å². The second-order valence-corrected chi connectivity index (χ2v) is 10.3. The van der Waals surface area contributed by atoms with Crippen molar-refractivity contribution in [1.82, 2.24) is 5.32 Å². The first kappa shape index (κ1) is 14.0. The van der Waals surface area contributed by atoms with Crippen LogP contribution in [0.15, 0.2) is 0 Å². The summed E-state index contributed by atoms with van der Waals surface area (Å²) < 4.78 is 23.0. The lowest BCUT2D eigenvalue weighted by Gasteiger charge is -2.24. The van der Waals surface area contributed by atoms with Crippen LogP contribution in [0.3, 0.4) is 0 Å². The molecule has 1 saturated heterocycles. The van der Waals surface area contributed by atoms with Crippen molar-refractivity contribution in [1.29, 1.82) is 0 Å². The normalized spacial score (nSPS) is 42.1. The largest absolute Gasteiger partial charge is 0.356 e. The molecule has 1 amide bonds. The Morgan fingerprint density at radius 1 is 1.14 bits per heavy atom. The van der Waals surface area contributed by atoms with E-state index in [0.717, 1.165) is 24.8 Å². The van der Waals surface area contributed by atoms with Crippen LogP contribution in [0.2, 0.25) is 0 Å². The number of sulfone groups is 1. The predicted octanol–water partition coefficient (Wildman–Crippen LogP) is 1.75. The lowest BCUT2D eigenvalue weighted by atomic mass is 9.88. The average Bonchev–Trinajstić information content (AvgIpc) is 2.80. The van der Waals surface area contributed by atoms with Gasteiger partial charge in [0.15, 0.2) is 0 Å². The number of hydrogen-bond acceptors (Lipinski definition) is 3. The maximum absolute atomic E-state index is 12.3. The minimum absolute atomic E-state index is 0.0318. The lowest BCUT2D eigenvalue weighted by Crippen LogP contribution is -2.35. The maximum atomic E-state index is 12.3. The molecule has 4 aliphatic rings. The topological polar surface area (TPSA) is 63.2 Å². The standard InChI is InChI=1S/C16H25NO3S/c18-15(17-10-13-8-11-1-2-12(13)7-11)14-9-16(14)3-5-21(19,20)6-4-16/h11-14H,1-10H2,(H,17,18)/t11-,12-,13-,14+/m0/s1. The minimum Gasteiger partial charge on any atom is -0.356 e. The van der Waals surface area contributed by atoms with Crippen molar-refractivity contribution in [3.05, 3.63) is 0 Å². The SMILES string of the molecule is O=C(NC[C@@H]1C[C@H]2CC[C@H]1C2)[C@H]1CC12CCS(=O)(=O)CC2. The van der Waals surface area contributed by atoms with Crippen molar-refractivity contribution in [2.45, 2.75) is 44.9 Å². The van der Waals surface area contributed by atoms with Gasteiger partial charge >= 0.3 is 0 Å². The molecule has 4 fully saturated rings. The molecule has 2 bridgehead atoms. The van der Waals surface area contributed by atoms with Crippen molar-refractivity contribution < 1.29 is 13.2 Å². The molecule has 1 spiro atoms. The van der Waals surface area contributed by atoms with Gasteiger partial charge in [-0.1, -0.05) is 6.42 Å². The van der Waals surface area contributed by atoms with Crippen molar-refractivity contribution in [3.63, 3.8) is 0 Å². The number of carbonyl (C=O) groups is 1. The summed E-state index contributed by atoms with van der Waals surface area (Å²) in [6.07, 6.45) is 7.74. The highest BCUT2D eigenvalue weighted by molar-refractivity contribution is 7.91. The zero-order valence-corrected chi connectivity index (χ0v) is 13.3. The maximum Gasteiger partial charge on any atom is 0.223 e. The summed E-state index contributed by atoms with van der Waals surface area (Å²) >= 11 is 0. The molecule has 0 unspecified atom stereocenters. The molecule has 4 atom stereocenters. The zero-order valence-electron chi connectivity index (χ0n) is 12.5. The van der Waals surface area contributed by atoms with Gasteiger partial charge in [-0.05, 0) is 61.7 Å². The Morgan fingerprint density at radius 3 is 2.52 bits per heavy atom. The highest BCUT2D eigenvalue weighted by Crippen LogP contribution is 2.59. The Labute approximate surface area is 127 Å². The molecule has 4 rings (SSSR count). The van der Waals surface area contributed by atoms with Crippen LogP contribution in [0.25, 0.3) is 0 Å². The number of rotatable bonds is 3. The molecule has 0 aromatic carbocycles. The van der Waals surface area contributed by atoms with E-state index in [4.69, 9.17) is 0 Å². The summed E-state index contributed by atoms with van der Waals surface area (Å²) in [4.78, 5) is 12.3. The van der Waals surface area contributed by atoms with E-state index in [1.165, 1.54) is 25.7 Å². The van der Waals surface area contributed by atoms with E-state index in [1.54, 1.807) is 0 Å². The smallest absolute Gasteiger partial charge is 0.223 e. The molecule has 3 saturated carbocycles. The van der Waals surface area contributed by atoms with E-state index in [9.17, 15) is 13.2 Å². The molecule has 1 N–H and O–H groups in total. The van der Waals surface area contributed by atoms with Gasteiger partial charge < -0.3 is 5.32 Å². The quantitative estimate of drug-likeness (QED) is 0.864. The lowest BCUT2D eigenvalue weighted by molar-refractivity contribution is -0.123. The summed E-state index contributed by atoms with van der Waals surface area (Å²) in [6.45, 7) is 0.852. The van der Waals surface area contributed by atoms with Gasteiger partial charge in [-0.2, -0.15) is 0 Å². The number of amides is 1. The van der Waals surface area contributed by atoms with Gasteiger partial charge in [0.05, 0.1) is 11.5 Å². The fraction of sp³-hybridized carbons (Fsp3) is 0.938. The van der Waals surface area contributed by atoms with E-state index in [0.29, 0.717) is 18.8 Å². The number of carbonyl (C=O) groups excluding carboxylic acids is 1. The Balaban J connectivity index is 1.27. The van der Waals surface area contributed by atoms with Gasteiger partial charge in [0.2, 0.25) is 5.91 Å². The molecule has 5 heteroatoms. The zero-order chi connectivity index (χ0) is 14.7. The van der Waals surface area contributed by atoms with Gasteiger partial charge in [-0.15, -0.1) is 0 Å². The van der Waals surface area contributed by atoms with E-state index in [2.05, 4.69) is 5.32 Å². The Morgan fingerprint density at radius 2 is 1.90 bits per heavy atom. The second kappa shape index (κ2) is 4.71. The monoisotopic (exact) mass is 311 g/mol. The van der Waals surface area contributed by atoms with E-state index in [-0.39, 0.29) is 28.7 Å². The third-order valence-corrected chi connectivity index (χ3v) is 8.40. The van der Waals surface area contributed by atoms with Crippen molar-refractivity contribution >= 4 is 15.7 Å². The summed E-state index contributed by atoms with van der Waals surface area (Å²) in [5, 5.41) is 3.18. The van der Waals surface area contributed by atoms with Crippen LogP contribution in [-0.4, -0.2) is 32.4 Å². The molecule has 1 heterocycles. The second-order valence-electron chi connectivity index (χ2n) is 7.95. The van der Waals surface area contributed by atoms with Crippen LogP contribution in [0, 0.1) is 29.1 Å². The molecule has 0 radical (unpaired) electrons. The summed E-state index contributed by atoms with van der Waals surface area (Å²) in [7, 11) is -2.83. The summed E-state index contributed by atoms with van der Waals surface area (Å²) in [5.74, 6) is 3.32. The van der Waals surface area contributed by atoms with Crippen molar-refractivity contribution in [2.75, 3.05) is 18.1 Å². The Bertz CT molecular complexity index is 542. The van der Waals surface area contributed by atoms with Gasteiger partial charge in [-0.25, -0.2) is 8.42 Å². The number of fused-ring (bicyclic) bond motifs is 2. The van der Waals surface area contributed by atoms with Crippen molar-refractivity contribution in [2.24, 2.45) is 29.1 Å². The van der Waals surface area contributed by atoms with Crippen LogP contribution in [0.5, 0.6) is 0 Å². The predicted molar refractivity (Wildman–Crippen MR) is 80.4 cm³/mol. The van der Waals surface area contributed by atoms with Gasteiger partial charge in [0, 0.05) is 12.5 Å².